The largest absolute Gasteiger partial charge is 0.368 e. The Labute approximate surface area is 141 Å². The van der Waals surface area contributed by atoms with Crippen molar-refractivity contribution in [3.05, 3.63) is 35.9 Å². The second kappa shape index (κ2) is 9.44. The predicted octanol–water partition coefficient (Wildman–Crippen LogP) is 0.451. The zero-order chi connectivity index (χ0) is 18.1. The molecule has 4 N–H and O–H groups in total. The van der Waals surface area contributed by atoms with Crippen LogP contribution in [0.2, 0.25) is 0 Å². The van der Waals surface area contributed by atoms with Crippen molar-refractivity contribution in [1.82, 2.24) is 10.6 Å². The first-order valence-electron chi connectivity index (χ1n) is 7.82. The molecule has 0 fully saturated rings. The highest BCUT2D eigenvalue weighted by Gasteiger charge is 2.23. The van der Waals surface area contributed by atoms with E-state index in [0.29, 0.717) is 12.0 Å². The third-order valence-corrected chi connectivity index (χ3v) is 3.53. The fourth-order valence-electron chi connectivity index (χ4n) is 2.21. The summed E-state index contributed by atoms with van der Waals surface area (Å²) in [5.41, 5.74) is 5.84. The minimum absolute atomic E-state index is 0.388. The fourth-order valence-corrected chi connectivity index (χ4v) is 2.21. The molecule has 0 aliphatic heterocycles. The molecule has 1 rings (SSSR count). The van der Waals surface area contributed by atoms with E-state index >= 15 is 0 Å². The van der Waals surface area contributed by atoms with Crippen LogP contribution in [0.25, 0.3) is 0 Å². The van der Waals surface area contributed by atoms with Gasteiger partial charge in [-0.1, -0.05) is 50.6 Å². The Kier molecular flexibility index (Phi) is 7.61. The minimum atomic E-state index is -0.995. The summed E-state index contributed by atoms with van der Waals surface area (Å²) < 4.78 is 0. The van der Waals surface area contributed by atoms with E-state index in [0.717, 1.165) is 6.42 Å². The van der Waals surface area contributed by atoms with Gasteiger partial charge in [-0.15, -0.1) is 0 Å². The van der Waals surface area contributed by atoms with Gasteiger partial charge in [-0.3, -0.25) is 19.2 Å². The van der Waals surface area contributed by atoms with Gasteiger partial charge in [-0.2, -0.15) is 0 Å². The highest BCUT2D eigenvalue weighted by molar-refractivity contribution is 6.37. The van der Waals surface area contributed by atoms with Gasteiger partial charge in [0, 0.05) is 5.92 Å². The summed E-state index contributed by atoms with van der Waals surface area (Å²) in [5.74, 6) is -3.07. The maximum atomic E-state index is 11.9. The third kappa shape index (κ3) is 5.83. The predicted molar refractivity (Wildman–Crippen MR) is 88.6 cm³/mol. The van der Waals surface area contributed by atoms with Gasteiger partial charge in [0.25, 0.3) is 5.91 Å². The van der Waals surface area contributed by atoms with Crippen molar-refractivity contribution >= 4 is 23.5 Å². The Bertz CT molecular complexity index is 601. The molecule has 0 aliphatic rings. The molecule has 24 heavy (non-hydrogen) atoms. The average Bonchev–Trinajstić information content (AvgIpc) is 2.57. The van der Waals surface area contributed by atoms with E-state index in [2.05, 4.69) is 10.6 Å². The monoisotopic (exact) mass is 333 g/mol. The van der Waals surface area contributed by atoms with Gasteiger partial charge in [0.05, 0.1) is 6.54 Å². The fraction of sp³-hybridized carbons (Fsp3) is 0.412. The van der Waals surface area contributed by atoms with Crippen molar-refractivity contribution in [1.29, 1.82) is 0 Å². The second-order valence-corrected chi connectivity index (χ2v) is 5.55. The minimum Gasteiger partial charge on any atom is -0.368 e. The molecule has 0 aliphatic carbocycles. The van der Waals surface area contributed by atoms with Gasteiger partial charge >= 0.3 is 0 Å². The third-order valence-electron chi connectivity index (χ3n) is 3.53. The van der Waals surface area contributed by atoms with Gasteiger partial charge in [-0.05, 0) is 12.0 Å². The van der Waals surface area contributed by atoms with Crippen molar-refractivity contribution in [2.45, 2.75) is 32.7 Å². The first-order chi connectivity index (χ1) is 11.4. The van der Waals surface area contributed by atoms with Crippen molar-refractivity contribution in [2.24, 2.45) is 11.7 Å². The molecule has 7 heteroatoms. The number of nitrogens with two attached hydrogens (primary N) is 1. The Morgan fingerprint density at radius 1 is 1.12 bits per heavy atom. The Morgan fingerprint density at radius 2 is 1.75 bits per heavy atom. The molecule has 0 radical (unpaired) electrons. The highest BCUT2D eigenvalue weighted by atomic mass is 16.2. The molecule has 0 spiro atoms. The number of rotatable bonds is 9. The van der Waals surface area contributed by atoms with Crippen molar-refractivity contribution < 1.29 is 19.2 Å². The topological polar surface area (TPSA) is 118 Å². The van der Waals surface area contributed by atoms with Crippen LogP contribution < -0.4 is 16.4 Å². The maximum absolute atomic E-state index is 11.9. The van der Waals surface area contributed by atoms with Gasteiger partial charge in [0.15, 0.2) is 0 Å². The lowest BCUT2D eigenvalue weighted by Crippen LogP contribution is -2.44. The molecule has 1 aromatic rings. The zero-order valence-corrected chi connectivity index (χ0v) is 13.9. The summed E-state index contributed by atoms with van der Waals surface area (Å²) in [5, 5.41) is 4.71. The molecule has 0 saturated heterocycles. The highest BCUT2D eigenvalue weighted by Crippen LogP contribution is 2.11. The SMILES string of the molecule is CCCC(C)C(=O)C(=O)NCC(=O)N[C@H](C(N)=O)c1ccccc1. The number of carbonyl (C=O) groups excluding carboxylic acids is 4. The number of primary amides is 1. The van der Waals surface area contributed by atoms with Crippen LogP contribution in [0.4, 0.5) is 0 Å². The van der Waals surface area contributed by atoms with Crippen LogP contribution in [0.1, 0.15) is 38.3 Å². The lowest BCUT2D eigenvalue weighted by atomic mass is 10.0. The summed E-state index contributed by atoms with van der Waals surface area (Å²) in [6, 6.07) is 7.52. The molecule has 130 valence electrons. The molecule has 0 heterocycles. The van der Waals surface area contributed by atoms with Crippen LogP contribution in [0.15, 0.2) is 30.3 Å². The zero-order valence-electron chi connectivity index (χ0n) is 13.9. The van der Waals surface area contributed by atoms with E-state index in [1.807, 2.05) is 6.92 Å². The van der Waals surface area contributed by atoms with Crippen molar-refractivity contribution in [3.8, 4) is 0 Å². The van der Waals surface area contributed by atoms with E-state index < -0.39 is 36.1 Å². The van der Waals surface area contributed by atoms with Crippen LogP contribution >= 0.6 is 0 Å². The van der Waals surface area contributed by atoms with Crippen LogP contribution in [0.5, 0.6) is 0 Å². The molecule has 2 atom stereocenters. The maximum Gasteiger partial charge on any atom is 0.288 e. The Morgan fingerprint density at radius 3 is 2.29 bits per heavy atom. The lowest BCUT2D eigenvalue weighted by Gasteiger charge is -2.16. The molecular weight excluding hydrogens is 310 g/mol. The second-order valence-electron chi connectivity index (χ2n) is 5.55. The van der Waals surface area contributed by atoms with Crippen LogP contribution in [0, 0.1) is 5.92 Å². The van der Waals surface area contributed by atoms with E-state index in [1.165, 1.54) is 0 Å². The Hall–Kier alpha value is -2.70. The Balaban J connectivity index is 2.57. The van der Waals surface area contributed by atoms with Crippen LogP contribution in [-0.4, -0.2) is 30.0 Å². The quantitative estimate of drug-likeness (QED) is 0.569. The van der Waals surface area contributed by atoms with Gasteiger partial charge < -0.3 is 16.4 Å². The molecular formula is C17H23N3O4. The number of benzene rings is 1. The molecule has 0 saturated carbocycles. The number of hydrogen-bond donors (Lipinski definition) is 3. The summed E-state index contributed by atoms with van der Waals surface area (Å²) >= 11 is 0. The number of carbonyl (C=O) groups is 4. The van der Waals surface area contributed by atoms with Crippen LogP contribution in [0.3, 0.4) is 0 Å². The molecule has 0 aromatic heterocycles. The smallest absolute Gasteiger partial charge is 0.288 e. The summed E-state index contributed by atoms with van der Waals surface area (Å²) in [7, 11) is 0. The van der Waals surface area contributed by atoms with E-state index in [-0.39, 0.29) is 5.92 Å². The van der Waals surface area contributed by atoms with E-state index in [9.17, 15) is 19.2 Å². The number of Topliss-reactive ketones (excluding diaryl/α,β-unsaturated/α-hetero) is 1. The summed E-state index contributed by atoms with van der Waals surface area (Å²) in [4.78, 5) is 46.9. The number of ketones is 1. The van der Waals surface area contributed by atoms with Crippen LogP contribution in [-0.2, 0) is 19.2 Å². The molecule has 3 amide bonds. The molecule has 1 aromatic carbocycles. The van der Waals surface area contributed by atoms with E-state index in [1.54, 1.807) is 37.3 Å². The molecule has 7 nitrogen and oxygen atoms in total. The number of hydrogen-bond acceptors (Lipinski definition) is 4. The average molecular weight is 333 g/mol. The number of amides is 3. The first kappa shape index (κ1) is 19.3. The molecule has 0 bridgehead atoms. The van der Waals surface area contributed by atoms with Crippen molar-refractivity contribution in [2.75, 3.05) is 6.54 Å². The first-order valence-corrected chi connectivity index (χ1v) is 7.82. The standard InChI is InChI=1S/C17H23N3O4/c1-3-7-11(2)15(22)17(24)19-10-13(21)20-14(16(18)23)12-8-5-4-6-9-12/h4-6,8-9,11,14H,3,7,10H2,1-2H3,(H2,18,23)(H,19,24)(H,20,21)/t11?,14-/m0/s1. The number of nitrogens with one attached hydrogen (secondary N) is 2. The van der Waals surface area contributed by atoms with Gasteiger partial charge in [-0.25, -0.2) is 0 Å². The van der Waals surface area contributed by atoms with Gasteiger partial charge in [0.1, 0.15) is 6.04 Å². The normalized spacial score (nSPS) is 12.8. The van der Waals surface area contributed by atoms with E-state index in [4.69, 9.17) is 5.73 Å². The van der Waals surface area contributed by atoms with Gasteiger partial charge in [0.2, 0.25) is 17.6 Å². The summed E-state index contributed by atoms with van der Waals surface area (Å²) in [6.07, 6.45) is 1.40. The molecule has 1 unspecified atom stereocenters. The van der Waals surface area contributed by atoms with Crippen molar-refractivity contribution in [3.63, 3.8) is 0 Å². The lowest BCUT2D eigenvalue weighted by molar-refractivity contribution is -0.140. The summed E-state index contributed by atoms with van der Waals surface area (Å²) in [6.45, 7) is 3.19.